The summed E-state index contributed by atoms with van der Waals surface area (Å²) < 4.78 is 12.7. The lowest BCUT2D eigenvalue weighted by Gasteiger charge is -2.07. The van der Waals surface area contributed by atoms with Crippen molar-refractivity contribution < 1.29 is 14.0 Å². The van der Waals surface area contributed by atoms with E-state index in [1.54, 1.807) is 6.07 Å². The van der Waals surface area contributed by atoms with Crippen LogP contribution in [0.2, 0.25) is 0 Å². The van der Waals surface area contributed by atoms with Crippen LogP contribution in [-0.2, 0) is 17.6 Å². The van der Waals surface area contributed by atoms with Crippen LogP contribution in [-0.4, -0.2) is 23.3 Å². The van der Waals surface area contributed by atoms with Crippen LogP contribution in [0.15, 0.2) is 36.5 Å². The number of amides is 2. The maximum absolute atomic E-state index is 12.7. The number of nitrogens with one attached hydrogen (secondary N) is 2. The van der Waals surface area contributed by atoms with E-state index in [1.807, 2.05) is 12.1 Å². The predicted octanol–water partition coefficient (Wildman–Crippen LogP) is 2.08. The van der Waals surface area contributed by atoms with E-state index in [0.717, 1.165) is 25.5 Å². The Morgan fingerprint density at radius 2 is 1.96 bits per heavy atom. The summed E-state index contributed by atoms with van der Waals surface area (Å²) in [5.41, 5.74) is 3.05. The lowest BCUT2D eigenvalue weighted by atomic mass is 10.1. The third-order valence-corrected chi connectivity index (χ3v) is 3.77. The van der Waals surface area contributed by atoms with Crippen molar-refractivity contribution >= 4 is 17.6 Å². The molecule has 0 radical (unpaired) electrons. The molecule has 1 aromatic carbocycles. The molecule has 2 aromatic rings. The summed E-state index contributed by atoms with van der Waals surface area (Å²) >= 11 is 0. The summed E-state index contributed by atoms with van der Waals surface area (Å²) in [4.78, 5) is 27.6. The van der Waals surface area contributed by atoms with Crippen molar-refractivity contribution in [1.29, 1.82) is 0 Å². The quantitative estimate of drug-likeness (QED) is 0.908. The molecule has 1 aliphatic rings. The summed E-state index contributed by atoms with van der Waals surface area (Å²) in [6, 6.07) is 8.19. The van der Waals surface area contributed by atoms with Gasteiger partial charge in [0.25, 0.3) is 5.91 Å². The van der Waals surface area contributed by atoms with Gasteiger partial charge in [-0.2, -0.15) is 0 Å². The van der Waals surface area contributed by atoms with Crippen molar-refractivity contribution in [2.45, 2.75) is 19.3 Å². The fourth-order valence-corrected chi connectivity index (χ4v) is 2.61. The van der Waals surface area contributed by atoms with Crippen molar-refractivity contribution in [1.82, 2.24) is 10.3 Å². The van der Waals surface area contributed by atoms with Gasteiger partial charge < -0.3 is 10.6 Å². The Morgan fingerprint density at radius 3 is 2.74 bits per heavy atom. The Morgan fingerprint density at radius 1 is 1.13 bits per heavy atom. The molecular formula is C17H16FN3O2. The zero-order valence-electron chi connectivity index (χ0n) is 12.4. The van der Waals surface area contributed by atoms with E-state index in [4.69, 9.17) is 0 Å². The van der Waals surface area contributed by atoms with Crippen LogP contribution < -0.4 is 10.6 Å². The minimum Gasteiger partial charge on any atom is -0.343 e. The molecule has 6 heteroatoms. The van der Waals surface area contributed by atoms with Gasteiger partial charge in [0.1, 0.15) is 11.6 Å². The number of halogens is 1. The second kappa shape index (κ2) is 6.56. The SMILES string of the molecule is O=C(CNC(=O)c1ccc2c(c1)CCC2)Nc1ccc(F)cn1. The number of carbonyl (C=O) groups excluding carboxylic acids is 2. The van der Waals surface area contributed by atoms with E-state index in [-0.39, 0.29) is 18.3 Å². The van der Waals surface area contributed by atoms with E-state index in [2.05, 4.69) is 15.6 Å². The average molecular weight is 313 g/mol. The summed E-state index contributed by atoms with van der Waals surface area (Å²) in [5, 5.41) is 5.05. The molecule has 23 heavy (non-hydrogen) atoms. The molecule has 2 N–H and O–H groups in total. The zero-order chi connectivity index (χ0) is 16.2. The second-order valence-electron chi connectivity index (χ2n) is 5.43. The number of hydrogen-bond acceptors (Lipinski definition) is 3. The molecular weight excluding hydrogens is 297 g/mol. The molecule has 3 rings (SSSR count). The lowest BCUT2D eigenvalue weighted by molar-refractivity contribution is -0.115. The third kappa shape index (κ3) is 3.71. The van der Waals surface area contributed by atoms with Crippen molar-refractivity contribution in [3.63, 3.8) is 0 Å². The number of fused-ring (bicyclic) bond motifs is 1. The molecule has 1 aromatic heterocycles. The Bertz CT molecular complexity index is 744. The molecule has 0 fully saturated rings. The Kier molecular flexibility index (Phi) is 4.32. The summed E-state index contributed by atoms with van der Waals surface area (Å²) in [6.07, 6.45) is 4.18. The first-order valence-electron chi connectivity index (χ1n) is 7.43. The topological polar surface area (TPSA) is 71.1 Å². The standard InChI is InChI=1S/C17H16FN3O2/c18-14-6-7-15(19-9-14)21-16(22)10-20-17(23)13-5-4-11-2-1-3-12(11)8-13/h4-9H,1-3,10H2,(H,20,23)(H,19,21,22). The molecule has 1 aliphatic carbocycles. The number of aromatic nitrogens is 1. The molecule has 0 saturated carbocycles. The first-order chi connectivity index (χ1) is 11.1. The number of hydrogen-bond donors (Lipinski definition) is 2. The summed E-state index contributed by atoms with van der Waals surface area (Å²) in [5.74, 6) is -0.948. The van der Waals surface area contributed by atoms with Gasteiger partial charge in [0.2, 0.25) is 5.91 Å². The van der Waals surface area contributed by atoms with Gasteiger partial charge in [-0.3, -0.25) is 9.59 Å². The minimum atomic E-state index is -0.479. The maximum atomic E-state index is 12.7. The van der Waals surface area contributed by atoms with E-state index in [0.29, 0.717) is 5.56 Å². The molecule has 118 valence electrons. The molecule has 0 unspecified atom stereocenters. The predicted molar refractivity (Wildman–Crippen MR) is 83.6 cm³/mol. The molecule has 0 spiro atoms. The van der Waals surface area contributed by atoms with E-state index in [1.165, 1.54) is 23.3 Å². The van der Waals surface area contributed by atoms with Crippen LogP contribution in [0, 0.1) is 5.82 Å². The van der Waals surface area contributed by atoms with Crippen molar-refractivity contribution in [3.05, 3.63) is 59.0 Å². The molecule has 1 heterocycles. The van der Waals surface area contributed by atoms with Crippen molar-refractivity contribution in [2.24, 2.45) is 0 Å². The van der Waals surface area contributed by atoms with Gasteiger partial charge in [-0.25, -0.2) is 9.37 Å². The van der Waals surface area contributed by atoms with Crippen molar-refractivity contribution in [2.75, 3.05) is 11.9 Å². The maximum Gasteiger partial charge on any atom is 0.251 e. The number of aryl methyl sites for hydroxylation is 2. The molecule has 5 nitrogen and oxygen atoms in total. The average Bonchev–Trinajstić information content (AvgIpc) is 3.02. The zero-order valence-corrected chi connectivity index (χ0v) is 12.4. The van der Waals surface area contributed by atoms with E-state index >= 15 is 0 Å². The van der Waals surface area contributed by atoms with Gasteiger partial charge in [0, 0.05) is 5.56 Å². The highest BCUT2D eigenvalue weighted by atomic mass is 19.1. The number of carbonyl (C=O) groups is 2. The van der Waals surface area contributed by atoms with Crippen LogP contribution in [0.5, 0.6) is 0 Å². The fourth-order valence-electron chi connectivity index (χ4n) is 2.61. The Labute approximate surface area is 132 Å². The minimum absolute atomic E-state index is 0.172. The van der Waals surface area contributed by atoms with Gasteiger partial charge in [0.15, 0.2) is 0 Å². The number of anilines is 1. The van der Waals surface area contributed by atoms with Crippen LogP contribution in [0.3, 0.4) is 0 Å². The summed E-state index contributed by atoms with van der Waals surface area (Å²) in [7, 11) is 0. The van der Waals surface area contributed by atoms with Gasteiger partial charge in [-0.1, -0.05) is 6.07 Å². The highest BCUT2D eigenvalue weighted by molar-refractivity contribution is 5.99. The summed E-state index contributed by atoms with van der Waals surface area (Å²) in [6.45, 7) is -0.172. The van der Waals surface area contributed by atoms with Crippen LogP contribution in [0.25, 0.3) is 0 Å². The van der Waals surface area contributed by atoms with Crippen LogP contribution in [0.1, 0.15) is 27.9 Å². The number of nitrogens with zero attached hydrogens (tertiary/aromatic N) is 1. The second-order valence-corrected chi connectivity index (χ2v) is 5.43. The third-order valence-electron chi connectivity index (χ3n) is 3.77. The van der Waals surface area contributed by atoms with Gasteiger partial charge in [0.05, 0.1) is 12.7 Å². The van der Waals surface area contributed by atoms with E-state index in [9.17, 15) is 14.0 Å². The largest absolute Gasteiger partial charge is 0.343 e. The lowest BCUT2D eigenvalue weighted by Crippen LogP contribution is -2.33. The first-order valence-corrected chi connectivity index (χ1v) is 7.43. The van der Waals surface area contributed by atoms with Gasteiger partial charge in [-0.15, -0.1) is 0 Å². The molecule has 2 amide bonds. The molecule has 0 bridgehead atoms. The highest BCUT2D eigenvalue weighted by Crippen LogP contribution is 2.22. The van der Waals surface area contributed by atoms with Crippen LogP contribution in [0.4, 0.5) is 10.2 Å². The molecule has 0 atom stereocenters. The molecule has 0 aliphatic heterocycles. The van der Waals surface area contributed by atoms with Gasteiger partial charge in [-0.05, 0) is 54.7 Å². The number of pyridine rings is 1. The van der Waals surface area contributed by atoms with Crippen molar-refractivity contribution in [3.8, 4) is 0 Å². The smallest absolute Gasteiger partial charge is 0.251 e. The Balaban J connectivity index is 1.54. The number of rotatable bonds is 4. The monoisotopic (exact) mass is 313 g/mol. The highest BCUT2D eigenvalue weighted by Gasteiger charge is 2.14. The number of benzene rings is 1. The fraction of sp³-hybridized carbons (Fsp3) is 0.235. The van der Waals surface area contributed by atoms with E-state index < -0.39 is 11.7 Å². The van der Waals surface area contributed by atoms with Gasteiger partial charge >= 0.3 is 0 Å². The van der Waals surface area contributed by atoms with Crippen LogP contribution >= 0.6 is 0 Å². The first kappa shape index (κ1) is 15.1. The molecule has 0 saturated heterocycles. The normalized spacial score (nSPS) is 12.6. The Hall–Kier alpha value is -2.76.